The third-order valence-electron chi connectivity index (χ3n) is 8.59. The van der Waals surface area contributed by atoms with Crippen LogP contribution in [-0.4, -0.2) is 5.11 Å². The van der Waals surface area contributed by atoms with Crippen LogP contribution in [0.25, 0.3) is 11.1 Å². The van der Waals surface area contributed by atoms with Crippen LogP contribution in [-0.2, 0) is 15.1 Å². The second kappa shape index (κ2) is 9.54. The van der Waals surface area contributed by atoms with E-state index in [0.717, 1.165) is 44.2 Å². The number of hydrogen-bond donors (Lipinski definition) is 1. The van der Waals surface area contributed by atoms with E-state index in [4.69, 9.17) is 4.52 Å². The number of fused-ring (bicyclic) bond motifs is 3. The Balaban J connectivity index is 1.54. The van der Waals surface area contributed by atoms with Crippen molar-refractivity contribution in [3.05, 3.63) is 149 Å². The molecule has 0 bridgehead atoms. The van der Waals surface area contributed by atoms with Crippen molar-refractivity contribution >= 4 is 12.7 Å². The predicted molar refractivity (Wildman–Crippen MR) is 164 cm³/mol. The van der Waals surface area contributed by atoms with Gasteiger partial charge >= 0.3 is 0 Å². The highest BCUT2D eigenvalue weighted by molar-refractivity contribution is 7.69. The Hall–Kier alpha value is -4.07. The molecule has 5 aromatic carbocycles. The molecule has 0 aromatic heterocycles. The van der Waals surface area contributed by atoms with Gasteiger partial charge < -0.3 is 9.63 Å². The Morgan fingerprint density at radius 1 is 0.600 bits per heavy atom. The lowest BCUT2D eigenvalue weighted by molar-refractivity contribution is 0.463. The van der Waals surface area contributed by atoms with E-state index in [2.05, 4.69) is 76.2 Å². The first kappa shape index (κ1) is 26.2. The van der Waals surface area contributed by atoms with E-state index in [1.807, 2.05) is 60.7 Å². The minimum atomic E-state index is -3.56. The van der Waals surface area contributed by atoms with Gasteiger partial charge in [-0.05, 0) is 65.9 Å². The monoisotopic (exact) mass is 544 g/mol. The lowest BCUT2D eigenvalue weighted by Crippen LogP contribution is -2.34. The normalized spacial score (nSPS) is 17.7. The second-order valence-electron chi connectivity index (χ2n) is 11.3. The van der Waals surface area contributed by atoms with Crippen molar-refractivity contribution in [1.29, 1.82) is 0 Å². The highest BCUT2D eigenvalue weighted by atomic mass is 31.2. The summed E-state index contributed by atoms with van der Waals surface area (Å²) in [5.41, 5.74) is 6.88. The van der Waals surface area contributed by atoms with Crippen LogP contribution in [0.5, 0.6) is 11.5 Å². The number of para-hydroxylation sites is 1. The highest BCUT2D eigenvalue weighted by Gasteiger charge is 2.53. The number of benzene rings is 5. The molecule has 0 aliphatic carbocycles. The number of hydrogen-bond acceptors (Lipinski definition) is 3. The van der Waals surface area contributed by atoms with Crippen LogP contribution in [0, 0.1) is 6.92 Å². The summed E-state index contributed by atoms with van der Waals surface area (Å²) in [7, 11) is -3.56. The largest absolute Gasteiger partial charge is 0.508 e. The molecule has 6 rings (SSSR count). The summed E-state index contributed by atoms with van der Waals surface area (Å²) in [6.07, 6.45) is 0. The number of phenols is 1. The van der Waals surface area contributed by atoms with Crippen LogP contribution in [0.2, 0.25) is 0 Å². The summed E-state index contributed by atoms with van der Waals surface area (Å²) in [5, 5.41) is 9.57. The summed E-state index contributed by atoms with van der Waals surface area (Å²) in [5.74, 6) is 0.899. The Labute approximate surface area is 236 Å². The fraction of sp³-hybridized carbons (Fsp3) is 0.167. The van der Waals surface area contributed by atoms with Gasteiger partial charge in [-0.15, -0.1) is 0 Å². The van der Waals surface area contributed by atoms with E-state index < -0.39 is 12.5 Å². The Morgan fingerprint density at radius 3 is 1.70 bits per heavy atom. The molecule has 0 saturated carbocycles. The van der Waals surface area contributed by atoms with Crippen LogP contribution < -0.4 is 9.83 Å². The van der Waals surface area contributed by atoms with Crippen molar-refractivity contribution in [1.82, 2.24) is 0 Å². The Morgan fingerprint density at radius 2 is 1.07 bits per heavy atom. The van der Waals surface area contributed by atoms with Crippen molar-refractivity contribution in [2.24, 2.45) is 0 Å². The molecule has 200 valence electrons. The highest BCUT2D eigenvalue weighted by Crippen LogP contribution is 2.68. The van der Waals surface area contributed by atoms with E-state index >= 15 is 4.57 Å². The molecule has 40 heavy (non-hydrogen) atoms. The van der Waals surface area contributed by atoms with Crippen LogP contribution in [0.15, 0.2) is 121 Å². The van der Waals surface area contributed by atoms with Crippen LogP contribution in [0.1, 0.15) is 48.6 Å². The van der Waals surface area contributed by atoms with Gasteiger partial charge in [-0.25, -0.2) is 0 Å². The van der Waals surface area contributed by atoms with Crippen molar-refractivity contribution < 1.29 is 14.2 Å². The van der Waals surface area contributed by atoms with Gasteiger partial charge in [0.15, 0.2) is 0 Å². The predicted octanol–water partition coefficient (Wildman–Crippen LogP) is 8.95. The minimum absolute atomic E-state index is 0.253. The van der Waals surface area contributed by atoms with E-state index in [-0.39, 0.29) is 11.2 Å². The maximum Gasteiger partial charge on any atom is 0.292 e. The first-order valence-electron chi connectivity index (χ1n) is 13.6. The second-order valence-corrected chi connectivity index (χ2v) is 14.0. The third kappa shape index (κ3) is 4.00. The van der Waals surface area contributed by atoms with Crippen LogP contribution >= 0.6 is 7.37 Å². The van der Waals surface area contributed by atoms with Gasteiger partial charge in [-0.1, -0.05) is 116 Å². The number of aromatic hydroxyl groups is 1. The summed E-state index contributed by atoms with van der Waals surface area (Å²) in [6, 6.07) is 39.9. The molecule has 1 N–H and O–H groups in total. The zero-order chi connectivity index (χ0) is 28.1. The van der Waals surface area contributed by atoms with Crippen molar-refractivity contribution in [3.63, 3.8) is 0 Å². The molecule has 1 aliphatic rings. The number of rotatable bonds is 5. The zero-order valence-electron chi connectivity index (χ0n) is 23.3. The molecule has 0 radical (unpaired) electrons. The molecule has 1 heterocycles. The van der Waals surface area contributed by atoms with Crippen molar-refractivity contribution in [3.8, 4) is 22.6 Å². The lowest BCUT2D eigenvalue weighted by Gasteiger charge is -2.42. The molecule has 2 unspecified atom stereocenters. The van der Waals surface area contributed by atoms with Gasteiger partial charge in [0.05, 0.1) is 5.30 Å². The molecule has 0 fully saturated rings. The third-order valence-corrected chi connectivity index (χ3v) is 11.8. The molecule has 0 spiro atoms. The van der Waals surface area contributed by atoms with E-state index in [1.54, 1.807) is 12.1 Å². The topological polar surface area (TPSA) is 46.5 Å². The SMILES string of the molecule is Cc1ccc(C(C)(c2ccc(C(C)(C)c3ccc(O)cc3)cc2)P2(=O)Oc3ccccc3-c3ccccc32)cc1. The number of aryl methyl sites for hydroxylation is 1. The maximum absolute atomic E-state index is 15.6. The average molecular weight is 545 g/mol. The summed E-state index contributed by atoms with van der Waals surface area (Å²) in [4.78, 5) is 0. The molecule has 4 heteroatoms. The Kier molecular flexibility index (Phi) is 6.24. The van der Waals surface area contributed by atoms with Gasteiger partial charge in [0, 0.05) is 11.0 Å². The Bertz CT molecular complexity index is 1740. The summed E-state index contributed by atoms with van der Waals surface area (Å²) >= 11 is 0. The molecule has 2 atom stereocenters. The van der Waals surface area contributed by atoms with Crippen molar-refractivity contribution in [2.45, 2.75) is 38.3 Å². The smallest absolute Gasteiger partial charge is 0.292 e. The first-order chi connectivity index (χ1) is 19.1. The average Bonchev–Trinajstić information content (AvgIpc) is 2.97. The fourth-order valence-electron chi connectivity index (χ4n) is 5.89. The van der Waals surface area contributed by atoms with Crippen molar-refractivity contribution in [2.75, 3.05) is 0 Å². The standard InChI is InChI=1S/C36H33O3P/c1-25-13-15-28(16-14-25)36(4,29-19-17-26(18-20-29)35(2,3)27-21-23-30(37)24-22-27)40(38)34-12-8-6-10-32(34)31-9-5-7-11-33(31)39-40/h5-24,37H,1-4H3. The van der Waals surface area contributed by atoms with E-state index in [0.29, 0.717) is 5.75 Å². The fourth-order valence-corrected chi connectivity index (χ4v) is 8.86. The van der Waals surface area contributed by atoms with Crippen LogP contribution in [0.3, 0.4) is 0 Å². The quantitative estimate of drug-likeness (QED) is 0.225. The van der Waals surface area contributed by atoms with Gasteiger partial charge in [0.2, 0.25) is 0 Å². The minimum Gasteiger partial charge on any atom is -0.508 e. The van der Waals surface area contributed by atoms with Gasteiger partial charge in [-0.2, -0.15) is 0 Å². The molecule has 0 amide bonds. The van der Waals surface area contributed by atoms with Crippen LogP contribution in [0.4, 0.5) is 0 Å². The summed E-state index contributed by atoms with van der Waals surface area (Å²) < 4.78 is 22.3. The lowest BCUT2D eigenvalue weighted by atomic mass is 9.77. The molecular formula is C36H33O3P. The first-order valence-corrected chi connectivity index (χ1v) is 15.2. The molecule has 3 nitrogen and oxygen atoms in total. The molecular weight excluding hydrogens is 511 g/mol. The maximum atomic E-state index is 15.6. The molecule has 5 aromatic rings. The van der Waals surface area contributed by atoms with Gasteiger partial charge in [0.25, 0.3) is 7.37 Å². The number of phenolic OH excluding ortho intramolecular Hbond substituents is 1. The van der Waals surface area contributed by atoms with Gasteiger partial charge in [0.1, 0.15) is 16.7 Å². The molecule has 1 aliphatic heterocycles. The summed E-state index contributed by atoms with van der Waals surface area (Å²) in [6.45, 7) is 8.47. The van der Waals surface area contributed by atoms with E-state index in [9.17, 15) is 5.11 Å². The van der Waals surface area contributed by atoms with Gasteiger partial charge in [-0.3, -0.25) is 4.57 Å². The molecule has 0 saturated heterocycles. The zero-order valence-corrected chi connectivity index (χ0v) is 24.2. The van der Waals surface area contributed by atoms with E-state index in [1.165, 1.54) is 0 Å².